The van der Waals surface area contributed by atoms with Crippen molar-refractivity contribution in [3.63, 3.8) is 0 Å². The lowest BCUT2D eigenvalue weighted by Gasteiger charge is -2.19. The van der Waals surface area contributed by atoms with Gasteiger partial charge >= 0.3 is 0 Å². The van der Waals surface area contributed by atoms with Crippen molar-refractivity contribution < 1.29 is 14.0 Å². The average Bonchev–Trinajstić information content (AvgIpc) is 3.24. The second-order valence-corrected chi connectivity index (χ2v) is 6.13. The Bertz CT molecular complexity index is 965. The summed E-state index contributed by atoms with van der Waals surface area (Å²) in [4.78, 5) is 26.5. The van der Waals surface area contributed by atoms with E-state index in [4.69, 9.17) is 4.42 Å². The fourth-order valence-corrected chi connectivity index (χ4v) is 3.17. The molecule has 5 nitrogen and oxygen atoms in total. The molecule has 3 rings (SSSR count). The second kappa shape index (κ2) is 7.44. The van der Waals surface area contributed by atoms with Crippen LogP contribution in [0.4, 0.5) is 5.88 Å². The van der Waals surface area contributed by atoms with Crippen LogP contribution in [0.3, 0.4) is 0 Å². The van der Waals surface area contributed by atoms with Gasteiger partial charge in [0, 0.05) is 30.6 Å². The number of furan rings is 1. The molecule has 0 spiro atoms. The summed E-state index contributed by atoms with van der Waals surface area (Å²) in [6, 6.07) is 9.48. The van der Waals surface area contributed by atoms with Gasteiger partial charge in [-0.15, -0.1) is 6.58 Å². The van der Waals surface area contributed by atoms with E-state index in [2.05, 4.69) is 6.58 Å². The number of aryl methyl sites for hydroxylation is 1. The topological polar surface area (TPSA) is 55.5 Å². The van der Waals surface area contributed by atoms with Crippen LogP contribution in [-0.4, -0.2) is 22.9 Å². The van der Waals surface area contributed by atoms with Gasteiger partial charge in [-0.25, -0.2) is 0 Å². The molecule has 0 saturated heterocycles. The van der Waals surface area contributed by atoms with Crippen molar-refractivity contribution in [3.05, 3.63) is 66.6 Å². The van der Waals surface area contributed by atoms with Gasteiger partial charge in [0.1, 0.15) is 0 Å². The van der Waals surface area contributed by atoms with Crippen LogP contribution in [0.25, 0.3) is 10.9 Å². The van der Waals surface area contributed by atoms with Gasteiger partial charge in [0.2, 0.25) is 17.7 Å². The summed E-state index contributed by atoms with van der Waals surface area (Å²) in [5.74, 6) is 0.385. The Labute approximate surface area is 152 Å². The molecule has 3 aromatic rings. The minimum atomic E-state index is -0.0963. The Hall–Kier alpha value is -3.08. The van der Waals surface area contributed by atoms with E-state index < -0.39 is 0 Å². The van der Waals surface area contributed by atoms with E-state index in [0.717, 1.165) is 28.5 Å². The minimum absolute atomic E-state index is 0.0813. The summed E-state index contributed by atoms with van der Waals surface area (Å²) in [7, 11) is 0. The molecule has 5 heteroatoms. The van der Waals surface area contributed by atoms with Gasteiger partial charge in [-0.3, -0.25) is 19.1 Å². The molecule has 0 saturated carbocycles. The number of anilines is 1. The standard InChI is InChI=1S/C21H22N2O3/c1-4-11-22(21-16(5-2)10-12-26-21)20(25)13-17-14-23(15(3)24)19-9-7-6-8-18(17)19/h4,6-10,12,14H,1,5,11,13H2,2-3H3. The molecule has 0 unspecified atom stereocenters. The van der Waals surface area contributed by atoms with Gasteiger partial charge in [0.25, 0.3) is 0 Å². The van der Waals surface area contributed by atoms with E-state index in [-0.39, 0.29) is 18.2 Å². The molecule has 0 radical (unpaired) electrons. The van der Waals surface area contributed by atoms with Gasteiger partial charge in [-0.05, 0) is 24.1 Å². The first-order chi connectivity index (χ1) is 12.6. The van der Waals surface area contributed by atoms with Crippen LogP contribution in [0.2, 0.25) is 0 Å². The number of carbonyl (C=O) groups is 2. The van der Waals surface area contributed by atoms with Gasteiger partial charge in [-0.1, -0.05) is 31.2 Å². The maximum absolute atomic E-state index is 13.0. The highest BCUT2D eigenvalue weighted by molar-refractivity contribution is 5.99. The number of aromatic nitrogens is 1. The van der Waals surface area contributed by atoms with E-state index in [1.54, 1.807) is 28.0 Å². The van der Waals surface area contributed by atoms with Crippen LogP contribution in [0, 0.1) is 0 Å². The molecule has 134 valence electrons. The lowest BCUT2D eigenvalue weighted by molar-refractivity contribution is -0.118. The predicted molar refractivity (Wildman–Crippen MR) is 103 cm³/mol. The molecule has 0 atom stereocenters. The molecule has 1 aromatic carbocycles. The summed E-state index contributed by atoms with van der Waals surface area (Å²) >= 11 is 0. The Morgan fingerprint density at radius 1 is 1.23 bits per heavy atom. The molecular formula is C21H22N2O3. The van der Waals surface area contributed by atoms with E-state index in [1.165, 1.54) is 6.92 Å². The summed E-state index contributed by atoms with van der Waals surface area (Å²) in [5, 5.41) is 0.907. The van der Waals surface area contributed by atoms with E-state index in [0.29, 0.717) is 12.4 Å². The fraction of sp³-hybridized carbons (Fsp3) is 0.238. The van der Waals surface area contributed by atoms with Crippen LogP contribution in [0.15, 0.2) is 59.9 Å². The molecule has 0 N–H and O–H groups in total. The Morgan fingerprint density at radius 3 is 2.69 bits per heavy atom. The van der Waals surface area contributed by atoms with E-state index in [1.807, 2.05) is 37.3 Å². The van der Waals surface area contributed by atoms with Crippen LogP contribution in [0.5, 0.6) is 0 Å². The van der Waals surface area contributed by atoms with Crippen molar-refractivity contribution in [2.24, 2.45) is 0 Å². The molecule has 0 aliphatic rings. The lowest BCUT2D eigenvalue weighted by atomic mass is 10.1. The number of hydrogen-bond donors (Lipinski definition) is 0. The normalized spacial score (nSPS) is 10.8. The number of rotatable bonds is 6. The number of carbonyl (C=O) groups excluding carboxylic acids is 2. The van der Waals surface area contributed by atoms with Crippen molar-refractivity contribution in [3.8, 4) is 0 Å². The fourth-order valence-electron chi connectivity index (χ4n) is 3.17. The molecule has 0 bridgehead atoms. The molecule has 2 aromatic heterocycles. The lowest BCUT2D eigenvalue weighted by Crippen LogP contribution is -2.32. The maximum Gasteiger partial charge on any atom is 0.234 e. The number of hydrogen-bond acceptors (Lipinski definition) is 3. The Kier molecular flexibility index (Phi) is 5.07. The smallest absolute Gasteiger partial charge is 0.234 e. The molecule has 0 aliphatic carbocycles. The number of nitrogens with zero attached hydrogens (tertiary/aromatic N) is 2. The predicted octanol–water partition coefficient (Wildman–Crippen LogP) is 4.22. The van der Waals surface area contributed by atoms with Crippen LogP contribution >= 0.6 is 0 Å². The van der Waals surface area contributed by atoms with Gasteiger partial charge in [-0.2, -0.15) is 0 Å². The minimum Gasteiger partial charge on any atom is -0.448 e. The van der Waals surface area contributed by atoms with Crippen LogP contribution in [0.1, 0.15) is 29.8 Å². The third-order valence-electron chi connectivity index (χ3n) is 4.44. The van der Waals surface area contributed by atoms with Crippen molar-refractivity contribution >= 4 is 28.6 Å². The van der Waals surface area contributed by atoms with Gasteiger partial charge < -0.3 is 4.42 Å². The monoisotopic (exact) mass is 350 g/mol. The zero-order valence-corrected chi connectivity index (χ0v) is 15.1. The van der Waals surface area contributed by atoms with Crippen LogP contribution in [-0.2, 0) is 17.6 Å². The average molecular weight is 350 g/mol. The number of amides is 1. The second-order valence-electron chi connectivity index (χ2n) is 6.13. The van der Waals surface area contributed by atoms with E-state index in [9.17, 15) is 9.59 Å². The molecule has 2 heterocycles. The highest BCUT2D eigenvalue weighted by Gasteiger charge is 2.22. The number of para-hydroxylation sites is 1. The van der Waals surface area contributed by atoms with Crippen LogP contribution < -0.4 is 4.90 Å². The first-order valence-corrected chi connectivity index (χ1v) is 8.64. The Morgan fingerprint density at radius 2 is 2.00 bits per heavy atom. The number of fused-ring (bicyclic) bond motifs is 1. The van der Waals surface area contributed by atoms with Gasteiger partial charge in [0.05, 0.1) is 18.2 Å². The highest BCUT2D eigenvalue weighted by Crippen LogP contribution is 2.26. The van der Waals surface area contributed by atoms with Crippen molar-refractivity contribution in [1.29, 1.82) is 0 Å². The molecule has 1 amide bonds. The Balaban J connectivity index is 1.97. The zero-order chi connectivity index (χ0) is 18.7. The molecule has 0 aliphatic heterocycles. The third-order valence-corrected chi connectivity index (χ3v) is 4.44. The summed E-state index contributed by atoms with van der Waals surface area (Å²) in [6.45, 7) is 7.65. The number of benzene rings is 1. The first kappa shape index (κ1) is 17.7. The summed E-state index contributed by atoms with van der Waals surface area (Å²) in [5.41, 5.74) is 2.61. The maximum atomic E-state index is 13.0. The molecular weight excluding hydrogens is 328 g/mol. The zero-order valence-electron chi connectivity index (χ0n) is 15.1. The van der Waals surface area contributed by atoms with Crippen molar-refractivity contribution in [1.82, 2.24) is 4.57 Å². The van der Waals surface area contributed by atoms with E-state index >= 15 is 0 Å². The van der Waals surface area contributed by atoms with Crippen molar-refractivity contribution in [2.75, 3.05) is 11.4 Å². The molecule has 26 heavy (non-hydrogen) atoms. The quantitative estimate of drug-likeness (QED) is 0.626. The van der Waals surface area contributed by atoms with Gasteiger partial charge in [0.15, 0.2) is 0 Å². The summed E-state index contributed by atoms with van der Waals surface area (Å²) < 4.78 is 7.14. The van der Waals surface area contributed by atoms with Crippen molar-refractivity contribution in [2.45, 2.75) is 26.7 Å². The first-order valence-electron chi connectivity index (χ1n) is 8.64. The molecule has 0 fully saturated rings. The highest BCUT2D eigenvalue weighted by atomic mass is 16.3. The summed E-state index contributed by atoms with van der Waals surface area (Å²) in [6.07, 6.45) is 5.98. The third kappa shape index (κ3) is 3.20. The largest absolute Gasteiger partial charge is 0.448 e. The SMILES string of the molecule is C=CCN(C(=O)Cc1cn(C(C)=O)c2ccccc12)c1occc1CC.